The molecule has 0 saturated carbocycles. The van der Waals surface area contributed by atoms with Crippen molar-refractivity contribution in [3.63, 3.8) is 0 Å². The van der Waals surface area contributed by atoms with Crippen LogP contribution in [0.25, 0.3) is 0 Å². The molecule has 1 rings (SSSR count). The third kappa shape index (κ3) is 3.29. The van der Waals surface area contributed by atoms with Gasteiger partial charge in [-0.05, 0) is 18.2 Å². The van der Waals surface area contributed by atoms with Crippen molar-refractivity contribution in [2.24, 2.45) is 0 Å². The van der Waals surface area contributed by atoms with E-state index in [1.54, 1.807) is 20.2 Å². The summed E-state index contributed by atoms with van der Waals surface area (Å²) in [6.07, 6.45) is 0.453. The number of methoxy groups -OCH3 is 1. The molecule has 0 bridgehead atoms. The molecule has 5 heteroatoms. The monoisotopic (exact) mass is 236 g/mol. The fraction of sp³-hybridized carbons (Fsp3) is 0.333. The summed E-state index contributed by atoms with van der Waals surface area (Å²) in [7, 11) is 3.31. The van der Waals surface area contributed by atoms with Gasteiger partial charge in [-0.1, -0.05) is 0 Å². The lowest BCUT2D eigenvalue weighted by Gasteiger charge is -2.11. The van der Waals surface area contributed by atoms with Crippen LogP contribution in [0.3, 0.4) is 0 Å². The number of hydrogen-bond acceptors (Lipinski definition) is 4. The quantitative estimate of drug-likeness (QED) is 0.658. The number of anilines is 1. The molecule has 0 aliphatic rings. The largest absolute Gasteiger partial charge is 0.478 e. The van der Waals surface area contributed by atoms with Crippen LogP contribution in [0.1, 0.15) is 22.3 Å². The lowest BCUT2D eigenvalue weighted by atomic mass is 10.0. The summed E-state index contributed by atoms with van der Waals surface area (Å²) in [6.45, 7) is 0.444. The van der Waals surface area contributed by atoms with Crippen LogP contribution < -0.4 is 5.32 Å². The number of carbonyl (C=O) groups is 1. The van der Waals surface area contributed by atoms with Gasteiger partial charge in [-0.15, -0.1) is 0 Å². The molecule has 0 unspecified atom stereocenters. The minimum absolute atomic E-state index is 0.182. The van der Waals surface area contributed by atoms with E-state index >= 15 is 0 Å². The molecule has 3 N–H and O–H groups in total. The summed E-state index contributed by atoms with van der Waals surface area (Å²) in [5.41, 5.74) is 1.89. The van der Waals surface area contributed by atoms with Crippen molar-refractivity contribution < 1.29 is 14.6 Å². The SMILES string of the molecule is CNc1ccc(C(=O)O)cc1C(=N)CCOC. The second-order valence-electron chi connectivity index (χ2n) is 3.54. The number of hydrogen-bond donors (Lipinski definition) is 3. The molecule has 0 aliphatic carbocycles. The molecular formula is C12H16N2O3. The van der Waals surface area contributed by atoms with Crippen LogP contribution in [-0.2, 0) is 4.74 Å². The fourth-order valence-corrected chi connectivity index (χ4v) is 1.48. The third-order valence-corrected chi connectivity index (χ3v) is 2.42. The van der Waals surface area contributed by atoms with Crippen molar-refractivity contribution in [2.45, 2.75) is 6.42 Å². The first-order valence-electron chi connectivity index (χ1n) is 5.22. The topological polar surface area (TPSA) is 82.4 Å². The second kappa shape index (κ2) is 6.00. The molecular weight excluding hydrogens is 220 g/mol. The molecule has 0 aromatic heterocycles. The summed E-state index contributed by atoms with van der Waals surface area (Å²) in [5.74, 6) is -0.992. The van der Waals surface area contributed by atoms with Crippen molar-refractivity contribution in [2.75, 3.05) is 26.1 Å². The lowest BCUT2D eigenvalue weighted by Crippen LogP contribution is -2.09. The van der Waals surface area contributed by atoms with Gasteiger partial charge >= 0.3 is 5.97 Å². The second-order valence-corrected chi connectivity index (χ2v) is 3.54. The Morgan fingerprint density at radius 1 is 1.53 bits per heavy atom. The molecule has 0 fully saturated rings. The predicted octanol–water partition coefficient (Wildman–Crippen LogP) is 1.83. The van der Waals surface area contributed by atoms with Crippen LogP contribution in [-0.4, -0.2) is 37.6 Å². The highest BCUT2D eigenvalue weighted by molar-refractivity contribution is 6.05. The molecule has 0 amide bonds. The number of ether oxygens (including phenoxy) is 1. The third-order valence-electron chi connectivity index (χ3n) is 2.42. The Morgan fingerprint density at radius 2 is 2.24 bits per heavy atom. The first kappa shape index (κ1) is 13.2. The van der Waals surface area contributed by atoms with Gasteiger partial charge in [0.1, 0.15) is 0 Å². The zero-order chi connectivity index (χ0) is 12.8. The number of rotatable bonds is 6. The molecule has 0 radical (unpaired) electrons. The highest BCUT2D eigenvalue weighted by Gasteiger charge is 2.11. The maximum Gasteiger partial charge on any atom is 0.335 e. The van der Waals surface area contributed by atoms with Crippen LogP contribution >= 0.6 is 0 Å². The first-order valence-corrected chi connectivity index (χ1v) is 5.22. The molecule has 0 aliphatic heterocycles. The molecule has 0 spiro atoms. The maximum absolute atomic E-state index is 10.9. The minimum Gasteiger partial charge on any atom is -0.478 e. The van der Waals surface area contributed by atoms with E-state index in [-0.39, 0.29) is 5.56 Å². The predicted molar refractivity (Wildman–Crippen MR) is 66.3 cm³/mol. The molecule has 0 heterocycles. The van der Waals surface area contributed by atoms with E-state index in [2.05, 4.69) is 5.32 Å². The van der Waals surface area contributed by atoms with Gasteiger partial charge in [0.25, 0.3) is 0 Å². The molecule has 0 atom stereocenters. The maximum atomic E-state index is 10.9. The van der Waals surface area contributed by atoms with Crippen molar-refractivity contribution in [3.05, 3.63) is 29.3 Å². The van der Waals surface area contributed by atoms with Gasteiger partial charge in [-0.25, -0.2) is 4.79 Å². The first-order chi connectivity index (χ1) is 8.10. The van der Waals surface area contributed by atoms with Crippen LogP contribution in [0.15, 0.2) is 18.2 Å². The van der Waals surface area contributed by atoms with E-state index < -0.39 is 5.97 Å². The lowest BCUT2D eigenvalue weighted by molar-refractivity contribution is 0.0697. The van der Waals surface area contributed by atoms with E-state index in [1.165, 1.54) is 12.1 Å². The summed E-state index contributed by atoms with van der Waals surface area (Å²) in [5, 5.41) is 19.8. The number of benzene rings is 1. The Labute approximate surface area is 99.9 Å². The van der Waals surface area contributed by atoms with Gasteiger partial charge in [-0.2, -0.15) is 0 Å². The molecule has 5 nitrogen and oxygen atoms in total. The van der Waals surface area contributed by atoms with E-state index in [4.69, 9.17) is 15.3 Å². The van der Waals surface area contributed by atoms with Gasteiger partial charge in [-0.3, -0.25) is 0 Å². The van der Waals surface area contributed by atoms with Crippen molar-refractivity contribution in [1.29, 1.82) is 5.41 Å². The zero-order valence-corrected chi connectivity index (χ0v) is 9.91. The van der Waals surface area contributed by atoms with Gasteiger partial charge in [0, 0.05) is 37.5 Å². The highest BCUT2D eigenvalue weighted by atomic mass is 16.5. The average Bonchev–Trinajstić information content (AvgIpc) is 2.34. The summed E-state index contributed by atoms with van der Waals surface area (Å²) >= 11 is 0. The molecule has 1 aromatic carbocycles. The Bertz CT molecular complexity index is 430. The van der Waals surface area contributed by atoms with Gasteiger partial charge in [0.15, 0.2) is 0 Å². The van der Waals surface area contributed by atoms with E-state index in [0.29, 0.717) is 24.3 Å². The van der Waals surface area contributed by atoms with Gasteiger partial charge in [0.05, 0.1) is 12.2 Å². The van der Waals surface area contributed by atoms with Gasteiger partial charge in [0.2, 0.25) is 0 Å². The van der Waals surface area contributed by atoms with E-state index in [1.807, 2.05) is 0 Å². The summed E-state index contributed by atoms with van der Waals surface area (Å²) in [6, 6.07) is 4.69. The Kier molecular flexibility index (Phi) is 4.66. The van der Waals surface area contributed by atoms with E-state index in [9.17, 15) is 4.79 Å². The number of aromatic carboxylic acids is 1. The van der Waals surface area contributed by atoms with Crippen LogP contribution in [0.4, 0.5) is 5.69 Å². The van der Waals surface area contributed by atoms with E-state index in [0.717, 1.165) is 5.69 Å². The van der Waals surface area contributed by atoms with Crippen molar-refractivity contribution >= 4 is 17.4 Å². The van der Waals surface area contributed by atoms with Crippen molar-refractivity contribution in [1.82, 2.24) is 0 Å². The highest BCUT2D eigenvalue weighted by Crippen LogP contribution is 2.19. The Balaban J connectivity index is 3.05. The number of nitrogens with one attached hydrogen (secondary N) is 2. The summed E-state index contributed by atoms with van der Waals surface area (Å²) in [4.78, 5) is 10.9. The van der Waals surface area contributed by atoms with Crippen molar-refractivity contribution in [3.8, 4) is 0 Å². The fourth-order valence-electron chi connectivity index (χ4n) is 1.48. The number of carboxylic acids is 1. The Morgan fingerprint density at radius 3 is 2.76 bits per heavy atom. The van der Waals surface area contributed by atoms with Crippen LogP contribution in [0.5, 0.6) is 0 Å². The summed E-state index contributed by atoms with van der Waals surface area (Å²) < 4.78 is 4.91. The minimum atomic E-state index is -0.992. The van der Waals surface area contributed by atoms with Crippen LogP contribution in [0.2, 0.25) is 0 Å². The molecule has 1 aromatic rings. The standard InChI is InChI=1S/C12H16N2O3/c1-14-11-4-3-8(12(15)16)7-9(11)10(13)5-6-17-2/h3-4,7,13-14H,5-6H2,1-2H3,(H,15,16). The van der Waals surface area contributed by atoms with Gasteiger partial charge < -0.3 is 20.6 Å². The zero-order valence-electron chi connectivity index (χ0n) is 9.91. The molecule has 17 heavy (non-hydrogen) atoms. The number of carboxylic acid groups (broad SMARTS) is 1. The average molecular weight is 236 g/mol. The molecule has 0 saturated heterocycles. The smallest absolute Gasteiger partial charge is 0.335 e. The normalized spacial score (nSPS) is 10.0. The Hall–Kier alpha value is -1.88. The molecule has 92 valence electrons. The van der Waals surface area contributed by atoms with Crippen LogP contribution in [0, 0.1) is 5.41 Å².